The van der Waals surface area contributed by atoms with Gasteiger partial charge in [-0.1, -0.05) is 0 Å². The van der Waals surface area contributed by atoms with E-state index in [2.05, 4.69) is 15.5 Å². The number of hydrazone groups is 1. The van der Waals surface area contributed by atoms with Crippen molar-refractivity contribution < 1.29 is 19.0 Å². The van der Waals surface area contributed by atoms with Crippen LogP contribution in [-0.4, -0.2) is 52.1 Å². The van der Waals surface area contributed by atoms with Gasteiger partial charge in [-0.05, 0) is 6.07 Å². The van der Waals surface area contributed by atoms with E-state index in [1.165, 1.54) is 57.1 Å². The van der Waals surface area contributed by atoms with Crippen LogP contribution < -0.4 is 30.9 Å². The molecule has 0 unspecified atom stereocenters. The third kappa shape index (κ3) is 3.99. The summed E-state index contributed by atoms with van der Waals surface area (Å²) < 4.78 is 19.4. The topological polar surface area (TPSA) is 131 Å². The zero-order chi connectivity index (χ0) is 22.7. The number of methoxy groups -OCH3 is 3. The molecule has 164 valence electrons. The van der Waals surface area contributed by atoms with Crippen LogP contribution in [0, 0.1) is 0 Å². The second-order valence-electron chi connectivity index (χ2n) is 6.49. The number of hydrogen-bond acceptors (Lipinski definition) is 8. The summed E-state index contributed by atoms with van der Waals surface area (Å²) in [4.78, 5) is 40.9. The van der Waals surface area contributed by atoms with E-state index < -0.39 is 17.2 Å². The first-order valence-corrected chi connectivity index (χ1v) is 9.05. The summed E-state index contributed by atoms with van der Waals surface area (Å²) in [6.07, 6.45) is 2.72. The molecule has 0 aliphatic carbocycles. The van der Waals surface area contributed by atoms with Crippen LogP contribution in [-0.2, 0) is 25.4 Å². The van der Waals surface area contributed by atoms with Gasteiger partial charge >= 0.3 is 5.69 Å². The van der Waals surface area contributed by atoms with Gasteiger partial charge in [-0.25, -0.2) is 15.2 Å². The van der Waals surface area contributed by atoms with E-state index in [1.54, 1.807) is 12.1 Å². The fourth-order valence-electron chi connectivity index (χ4n) is 3.03. The molecule has 1 amide bonds. The molecular formula is C19H22N6O6. The number of nitrogens with zero attached hydrogens (tertiary/aromatic N) is 5. The van der Waals surface area contributed by atoms with Crippen molar-refractivity contribution >= 4 is 23.3 Å². The number of rotatable bonds is 7. The highest BCUT2D eigenvalue weighted by Gasteiger charge is 2.16. The number of benzene rings is 1. The van der Waals surface area contributed by atoms with Crippen molar-refractivity contribution in [3.05, 3.63) is 44.9 Å². The van der Waals surface area contributed by atoms with Crippen LogP contribution in [0.5, 0.6) is 17.2 Å². The second-order valence-corrected chi connectivity index (χ2v) is 6.49. The molecule has 12 nitrogen and oxygen atoms in total. The largest absolute Gasteiger partial charge is 0.496 e. The maximum atomic E-state index is 12.4. The van der Waals surface area contributed by atoms with Crippen molar-refractivity contribution in [2.45, 2.75) is 6.54 Å². The molecule has 0 aliphatic heterocycles. The minimum atomic E-state index is -0.540. The average Bonchev–Trinajstić information content (AvgIpc) is 3.19. The monoisotopic (exact) mass is 430 g/mol. The van der Waals surface area contributed by atoms with Crippen LogP contribution in [0.4, 0.5) is 0 Å². The summed E-state index contributed by atoms with van der Waals surface area (Å²) >= 11 is 0. The van der Waals surface area contributed by atoms with Gasteiger partial charge in [0.15, 0.2) is 22.7 Å². The van der Waals surface area contributed by atoms with E-state index >= 15 is 0 Å². The number of fused-ring (bicyclic) bond motifs is 1. The first kappa shape index (κ1) is 21.6. The molecule has 0 fully saturated rings. The molecule has 0 aliphatic rings. The molecule has 0 bridgehead atoms. The molecule has 31 heavy (non-hydrogen) atoms. The SMILES string of the molecule is COc1cc(OC)c(OC)cc1C=NNC(=O)Cn1cnc2c1c(=O)n(C)c(=O)n2C. The number of aromatic nitrogens is 4. The van der Waals surface area contributed by atoms with Crippen LogP contribution in [0.25, 0.3) is 11.2 Å². The van der Waals surface area contributed by atoms with Gasteiger partial charge < -0.3 is 18.8 Å². The van der Waals surface area contributed by atoms with E-state index in [0.717, 1.165) is 4.57 Å². The van der Waals surface area contributed by atoms with Gasteiger partial charge in [0.05, 0.1) is 33.9 Å². The lowest BCUT2D eigenvalue weighted by atomic mass is 10.2. The number of carbonyl (C=O) groups excluding carboxylic acids is 1. The highest BCUT2D eigenvalue weighted by atomic mass is 16.5. The van der Waals surface area contributed by atoms with E-state index in [4.69, 9.17) is 14.2 Å². The third-order valence-electron chi connectivity index (χ3n) is 4.66. The number of nitrogens with one attached hydrogen (secondary N) is 1. The number of ether oxygens (including phenoxy) is 3. The molecule has 1 N–H and O–H groups in total. The molecule has 3 aromatic rings. The Morgan fingerprint density at radius 1 is 1.06 bits per heavy atom. The summed E-state index contributed by atoms with van der Waals surface area (Å²) in [6.45, 7) is -0.218. The van der Waals surface area contributed by atoms with Crippen LogP contribution in [0.3, 0.4) is 0 Å². The lowest BCUT2D eigenvalue weighted by molar-refractivity contribution is -0.121. The molecule has 0 spiro atoms. The first-order chi connectivity index (χ1) is 14.8. The minimum absolute atomic E-state index is 0.144. The Balaban J connectivity index is 1.81. The van der Waals surface area contributed by atoms with E-state index in [1.807, 2.05) is 0 Å². The van der Waals surface area contributed by atoms with E-state index in [-0.39, 0.29) is 17.7 Å². The number of carbonyl (C=O) groups is 1. The summed E-state index contributed by atoms with van der Waals surface area (Å²) in [6, 6.07) is 3.29. The Kier molecular flexibility index (Phi) is 6.09. The zero-order valence-electron chi connectivity index (χ0n) is 17.7. The van der Waals surface area contributed by atoms with Crippen molar-refractivity contribution in [2.75, 3.05) is 21.3 Å². The molecule has 12 heteroatoms. The fraction of sp³-hybridized carbons (Fsp3) is 0.316. The predicted molar refractivity (Wildman–Crippen MR) is 112 cm³/mol. The standard InChI is InChI=1S/C19H22N6O6/c1-23-17-16(18(27)24(2)19(23)28)25(10-20-17)9-15(26)22-21-8-11-6-13(30-4)14(31-5)7-12(11)29-3/h6-8,10H,9H2,1-5H3,(H,22,26). The number of imidazole rings is 1. The lowest BCUT2D eigenvalue weighted by Gasteiger charge is -2.11. The molecule has 0 saturated carbocycles. The summed E-state index contributed by atoms with van der Waals surface area (Å²) in [5.41, 5.74) is 2.24. The molecule has 0 radical (unpaired) electrons. The third-order valence-corrected chi connectivity index (χ3v) is 4.66. The van der Waals surface area contributed by atoms with Crippen molar-refractivity contribution in [1.29, 1.82) is 0 Å². The molecule has 2 aromatic heterocycles. The number of hydrogen-bond donors (Lipinski definition) is 1. The average molecular weight is 430 g/mol. The number of amides is 1. The fourth-order valence-corrected chi connectivity index (χ4v) is 3.03. The highest BCUT2D eigenvalue weighted by Crippen LogP contribution is 2.33. The molecule has 0 atom stereocenters. The van der Waals surface area contributed by atoms with E-state index in [9.17, 15) is 14.4 Å². The zero-order valence-corrected chi connectivity index (χ0v) is 17.7. The molecule has 3 rings (SSSR count). The molecule has 1 aromatic carbocycles. The molecule has 2 heterocycles. The van der Waals surface area contributed by atoms with Gasteiger partial charge in [0.25, 0.3) is 11.5 Å². The van der Waals surface area contributed by atoms with Crippen LogP contribution in [0.1, 0.15) is 5.56 Å². The van der Waals surface area contributed by atoms with Crippen LogP contribution >= 0.6 is 0 Å². The van der Waals surface area contributed by atoms with Gasteiger partial charge in [-0.15, -0.1) is 0 Å². The quantitative estimate of drug-likeness (QED) is 0.399. The first-order valence-electron chi connectivity index (χ1n) is 9.05. The van der Waals surface area contributed by atoms with Gasteiger partial charge in [0.1, 0.15) is 12.3 Å². The summed E-state index contributed by atoms with van der Waals surface area (Å²) in [7, 11) is 7.37. The predicted octanol–water partition coefficient (Wildman–Crippen LogP) is -0.390. The molecular weight excluding hydrogens is 408 g/mol. The van der Waals surface area contributed by atoms with Crippen molar-refractivity contribution in [3.63, 3.8) is 0 Å². The Bertz CT molecular complexity index is 1290. The lowest BCUT2D eigenvalue weighted by Crippen LogP contribution is -2.38. The van der Waals surface area contributed by atoms with Crippen molar-refractivity contribution in [3.8, 4) is 17.2 Å². The highest BCUT2D eigenvalue weighted by molar-refractivity contribution is 5.86. The van der Waals surface area contributed by atoms with Gasteiger partial charge in [-0.3, -0.25) is 18.7 Å². The normalized spacial score (nSPS) is 11.1. The van der Waals surface area contributed by atoms with Crippen LogP contribution in [0.2, 0.25) is 0 Å². The summed E-state index contributed by atoms with van der Waals surface area (Å²) in [5.74, 6) is 0.942. The maximum absolute atomic E-state index is 12.4. The Morgan fingerprint density at radius 3 is 2.35 bits per heavy atom. The molecule has 0 saturated heterocycles. The second kappa shape index (κ2) is 8.73. The van der Waals surface area contributed by atoms with Gasteiger partial charge in [0, 0.05) is 25.7 Å². The Morgan fingerprint density at radius 2 is 1.71 bits per heavy atom. The van der Waals surface area contributed by atoms with Crippen LogP contribution in [0.15, 0.2) is 33.2 Å². The van der Waals surface area contributed by atoms with Crippen molar-refractivity contribution in [2.24, 2.45) is 19.2 Å². The van der Waals surface area contributed by atoms with Crippen molar-refractivity contribution in [1.82, 2.24) is 24.1 Å². The Labute approximate surface area is 176 Å². The maximum Gasteiger partial charge on any atom is 0.332 e. The van der Waals surface area contributed by atoms with E-state index in [0.29, 0.717) is 22.8 Å². The Hall–Kier alpha value is -4.09. The number of aryl methyl sites for hydroxylation is 1. The smallest absolute Gasteiger partial charge is 0.332 e. The summed E-state index contributed by atoms with van der Waals surface area (Å²) in [5, 5.41) is 3.94. The van der Waals surface area contributed by atoms with Gasteiger partial charge in [0.2, 0.25) is 0 Å². The van der Waals surface area contributed by atoms with Gasteiger partial charge in [-0.2, -0.15) is 5.10 Å². The minimum Gasteiger partial charge on any atom is -0.496 e.